The number of amides is 2. The van der Waals surface area contributed by atoms with E-state index < -0.39 is 0 Å². The van der Waals surface area contributed by atoms with Crippen molar-refractivity contribution >= 4 is 28.8 Å². The largest absolute Gasteiger partial charge is 0.347 e. The predicted octanol–water partition coefficient (Wildman–Crippen LogP) is 3.44. The lowest BCUT2D eigenvalue weighted by Crippen LogP contribution is -2.33. The predicted molar refractivity (Wildman–Crippen MR) is 94.8 cm³/mol. The molecule has 2 N–H and O–H groups in total. The molecule has 0 atom stereocenters. The molecule has 2 amide bonds. The molecule has 2 rings (SSSR count). The molecule has 0 radical (unpaired) electrons. The van der Waals surface area contributed by atoms with Crippen molar-refractivity contribution in [2.24, 2.45) is 0 Å². The number of aryl methyl sites for hydroxylation is 3. The summed E-state index contributed by atoms with van der Waals surface area (Å²) in [6.07, 6.45) is 2.14. The molecule has 1 aromatic carbocycles. The molecule has 0 unspecified atom stereocenters. The van der Waals surface area contributed by atoms with Crippen LogP contribution >= 0.6 is 11.3 Å². The molecular weight excluding hydrogens is 308 g/mol. The molecule has 122 valence electrons. The molecule has 23 heavy (non-hydrogen) atoms. The van der Waals surface area contributed by atoms with Gasteiger partial charge in [-0.1, -0.05) is 24.3 Å². The maximum atomic E-state index is 12.0. The third-order valence-corrected chi connectivity index (χ3v) is 4.53. The molecule has 1 aromatic heterocycles. The average molecular weight is 330 g/mol. The highest BCUT2D eigenvalue weighted by atomic mass is 32.1. The fraction of sp³-hybridized carbons (Fsp3) is 0.333. The van der Waals surface area contributed by atoms with Crippen molar-refractivity contribution in [1.29, 1.82) is 0 Å². The first-order valence-corrected chi connectivity index (χ1v) is 8.59. The Morgan fingerprint density at radius 2 is 1.78 bits per heavy atom. The first-order chi connectivity index (χ1) is 11.1. The van der Waals surface area contributed by atoms with Crippen molar-refractivity contribution in [3.05, 3.63) is 51.7 Å². The Morgan fingerprint density at radius 1 is 1.04 bits per heavy atom. The van der Waals surface area contributed by atoms with Gasteiger partial charge in [0.15, 0.2) is 0 Å². The highest BCUT2D eigenvalue weighted by Gasteiger charge is 2.09. The molecule has 1 heterocycles. The lowest BCUT2D eigenvalue weighted by molar-refractivity contribution is -0.124. The van der Waals surface area contributed by atoms with Gasteiger partial charge in [0.1, 0.15) is 0 Å². The molecule has 0 aliphatic carbocycles. The molecule has 5 heteroatoms. The van der Waals surface area contributed by atoms with Crippen LogP contribution < -0.4 is 10.6 Å². The number of carbonyl (C=O) groups excluding carboxylic acids is 2. The molecular formula is C18H22N2O2S. The summed E-state index contributed by atoms with van der Waals surface area (Å²) in [5.41, 5.74) is 2.85. The Labute approximate surface area is 140 Å². The second-order valence-electron chi connectivity index (χ2n) is 5.52. The van der Waals surface area contributed by atoms with E-state index >= 15 is 0 Å². The number of rotatable bonds is 7. The van der Waals surface area contributed by atoms with Crippen molar-refractivity contribution in [3.63, 3.8) is 0 Å². The summed E-state index contributed by atoms with van der Waals surface area (Å²) in [6, 6.07) is 9.94. The van der Waals surface area contributed by atoms with Crippen LogP contribution in [0.3, 0.4) is 0 Å². The van der Waals surface area contributed by atoms with Gasteiger partial charge in [-0.05, 0) is 49.3 Å². The lowest BCUT2D eigenvalue weighted by atomic mass is 10.1. The van der Waals surface area contributed by atoms with Gasteiger partial charge < -0.3 is 10.6 Å². The SMILES string of the molecule is Cc1cccc(C)c1NC(=O)CNC(=O)CCCc1cccs1. The minimum absolute atomic E-state index is 0.00557. The zero-order valence-corrected chi connectivity index (χ0v) is 14.3. The first kappa shape index (κ1) is 17.2. The van der Waals surface area contributed by atoms with Crippen molar-refractivity contribution in [2.45, 2.75) is 33.1 Å². The molecule has 4 nitrogen and oxygen atoms in total. The maximum Gasteiger partial charge on any atom is 0.243 e. The second-order valence-corrected chi connectivity index (χ2v) is 6.56. The van der Waals surface area contributed by atoms with E-state index in [1.165, 1.54) is 4.88 Å². The summed E-state index contributed by atoms with van der Waals surface area (Å²) in [4.78, 5) is 25.0. The Hall–Kier alpha value is -2.14. The van der Waals surface area contributed by atoms with Gasteiger partial charge in [-0.2, -0.15) is 0 Å². The summed E-state index contributed by atoms with van der Waals surface area (Å²) in [7, 11) is 0. The number of carbonyl (C=O) groups is 2. The lowest BCUT2D eigenvalue weighted by Gasteiger charge is -2.11. The molecule has 2 aromatic rings. The van der Waals surface area contributed by atoms with Crippen LogP contribution in [0.1, 0.15) is 28.8 Å². The molecule has 0 saturated heterocycles. The third-order valence-electron chi connectivity index (χ3n) is 3.60. The van der Waals surface area contributed by atoms with E-state index in [0.717, 1.165) is 29.7 Å². The normalized spacial score (nSPS) is 10.3. The van der Waals surface area contributed by atoms with Crippen LogP contribution in [0.5, 0.6) is 0 Å². The van der Waals surface area contributed by atoms with Crippen LogP contribution in [-0.2, 0) is 16.0 Å². The Morgan fingerprint density at radius 3 is 2.43 bits per heavy atom. The highest BCUT2D eigenvalue weighted by Crippen LogP contribution is 2.19. The molecule has 0 saturated carbocycles. The summed E-state index contributed by atoms with van der Waals surface area (Å²) < 4.78 is 0. The van der Waals surface area contributed by atoms with Gasteiger partial charge in [0.2, 0.25) is 11.8 Å². The summed E-state index contributed by atoms with van der Waals surface area (Å²) in [6.45, 7) is 3.91. The van der Waals surface area contributed by atoms with E-state index in [2.05, 4.69) is 16.7 Å². The number of nitrogens with one attached hydrogen (secondary N) is 2. The van der Waals surface area contributed by atoms with Crippen molar-refractivity contribution in [3.8, 4) is 0 Å². The van der Waals surface area contributed by atoms with E-state index in [4.69, 9.17) is 0 Å². The summed E-state index contributed by atoms with van der Waals surface area (Å²) >= 11 is 1.70. The fourth-order valence-electron chi connectivity index (χ4n) is 2.34. The molecule has 0 bridgehead atoms. The van der Waals surface area contributed by atoms with E-state index in [0.29, 0.717) is 6.42 Å². The average Bonchev–Trinajstić information content (AvgIpc) is 3.02. The van der Waals surface area contributed by atoms with Gasteiger partial charge in [0.05, 0.1) is 6.54 Å². The van der Waals surface area contributed by atoms with Gasteiger partial charge in [-0.15, -0.1) is 11.3 Å². The van der Waals surface area contributed by atoms with Gasteiger partial charge >= 0.3 is 0 Å². The highest BCUT2D eigenvalue weighted by molar-refractivity contribution is 7.09. The van der Waals surface area contributed by atoms with Crippen LogP contribution in [-0.4, -0.2) is 18.4 Å². The molecule has 0 aliphatic rings. The number of thiophene rings is 1. The van der Waals surface area contributed by atoms with Crippen LogP contribution in [0.2, 0.25) is 0 Å². The van der Waals surface area contributed by atoms with Crippen molar-refractivity contribution < 1.29 is 9.59 Å². The fourth-order valence-corrected chi connectivity index (χ4v) is 3.09. The van der Waals surface area contributed by atoms with E-state index in [9.17, 15) is 9.59 Å². The van der Waals surface area contributed by atoms with Crippen molar-refractivity contribution in [1.82, 2.24) is 5.32 Å². The van der Waals surface area contributed by atoms with E-state index in [1.54, 1.807) is 11.3 Å². The van der Waals surface area contributed by atoms with Crippen LogP contribution in [0.4, 0.5) is 5.69 Å². The molecule has 0 aliphatic heterocycles. The van der Waals surface area contributed by atoms with Gasteiger partial charge in [-0.3, -0.25) is 9.59 Å². The zero-order chi connectivity index (χ0) is 16.7. The Bertz CT molecular complexity index is 645. The molecule has 0 spiro atoms. The van der Waals surface area contributed by atoms with Gasteiger partial charge in [0, 0.05) is 17.0 Å². The van der Waals surface area contributed by atoms with Crippen LogP contribution in [0.25, 0.3) is 0 Å². The standard InChI is InChI=1S/C18H22N2O2S/c1-13-6-3-7-14(2)18(13)20-17(22)12-19-16(21)10-4-8-15-9-5-11-23-15/h3,5-7,9,11H,4,8,10,12H2,1-2H3,(H,19,21)(H,20,22). The summed E-state index contributed by atoms with van der Waals surface area (Å²) in [5, 5.41) is 7.57. The monoisotopic (exact) mass is 330 g/mol. The number of hydrogen-bond acceptors (Lipinski definition) is 3. The quantitative estimate of drug-likeness (QED) is 0.817. The number of hydrogen-bond donors (Lipinski definition) is 2. The minimum atomic E-state index is -0.200. The number of para-hydroxylation sites is 1. The third kappa shape index (κ3) is 5.53. The smallest absolute Gasteiger partial charge is 0.243 e. The maximum absolute atomic E-state index is 12.0. The molecule has 0 fully saturated rings. The van der Waals surface area contributed by atoms with Crippen LogP contribution in [0.15, 0.2) is 35.7 Å². The van der Waals surface area contributed by atoms with Crippen LogP contribution in [0, 0.1) is 13.8 Å². The summed E-state index contributed by atoms with van der Waals surface area (Å²) in [5.74, 6) is -0.285. The Kier molecular flexibility index (Phi) is 6.35. The second kappa shape index (κ2) is 8.48. The van der Waals surface area contributed by atoms with E-state index in [-0.39, 0.29) is 18.4 Å². The Balaban J connectivity index is 1.70. The van der Waals surface area contributed by atoms with Gasteiger partial charge in [-0.25, -0.2) is 0 Å². The topological polar surface area (TPSA) is 58.2 Å². The van der Waals surface area contributed by atoms with Gasteiger partial charge in [0.25, 0.3) is 0 Å². The number of benzene rings is 1. The van der Waals surface area contributed by atoms with Crippen molar-refractivity contribution in [2.75, 3.05) is 11.9 Å². The minimum Gasteiger partial charge on any atom is -0.347 e. The van der Waals surface area contributed by atoms with E-state index in [1.807, 2.05) is 43.5 Å². The first-order valence-electron chi connectivity index (χ1n) is 7.71. The zero-order valence-electron chi connectivity index (χ0n) is 13.5. The number of anilines is 1.